The third kappa shape index (κ3) is 6.60. The van der Waals surface area contributed by atoms with E-state index in [1.165, 1.54) is 25.7 Å². The maximum absolute atomic E-state index is 10.2. The minimum atomic E-state index is -0.609. The Morgan fingerprint density at radius 3 is 2.73 bits per heavy atom. The molecule has 0 aliphatic heterocycles. The lowest BCUT2D eigenvalue weighted by molar-refractivity contribution is 0.0209. The van der Waals surface area contributed by atoms with Gasteiger partial charge in [-0.3, -0.25) is 0 Å². The van der Waals surface area contributed by atoms with E-state index in [-0.39, 0.29) is 18.6 Å². The summed E-state index contributed by atoms with van der Waals surface area (Å²) in [5.41, 5.74) is 3.38. The van der Waals surface area contributed by atoms with Crippen LogP contribution in [0.3, 0.4) is 0 Å². The van der Waals surface area contributed by atoms with Crippen molar-refractivity contribution in [3.8, 4) is 0 Å². The fourth-order valence-electron chi connectivity index (χ4n) is 6.98. The smallest absolute Gasteiger partial charge is 0.0592 e. The van der Waals surface area contributed by atoms with E-state index in [4.69, 9.17) is 4.74 Å². The second-order valence-electron chi connectivity index (χ2n) is 12.0. The molecule has 0 heterocycles. The molecule has 3 aliphatic rings. The van der Waals surface area contributed by atoms with Gasteiger partial charge in [0.1, 0.15) is 0 Å². The largest absolute Gasteiger partial charge is 0.396 e. The topological polar surface area (TPSA) is 69.9 Å². The van der Waals surface area contributed by atoms with Crippen molar-refractivity contribution in [2.45, 2.75) is 97.2 Å². The highest BCUT2D eigenvalue weighted by Crippen LogP contribution is 2.59. The van der Waals surface area contributed by atoms with Crippen molar-refractivity contribution in [1.29, 1.82) is 0 Å². The Labute approximate surface area is 201 Å². The zero-order valence-corrected chi connectivity index (χ0v) is 21.5. The number of aliphatic hydroxyl groups is 3. The SMILES string of the molecule is C=C1/C(=C\C=C2/CCC[C@]3(C)[C@@H]([C@@H](C)COCCCC(C)(C)O)CC[C@@H]23)C[C@H](O)C[C@H]1CO. The van der Waals surface area contributed by atoms with Gasteiger partial charge in [-0.1, -0.05) is 38.2 Å². The zero-order valence-electron chi connectivity index (χ0n) is 21.5. The summed E-state index contributed by atoms with van der Waals surface area (Å²) in [5, 5.41) is 29.7. The lowest BCUT2D eigenvalue weighted by atomic mass is 9.61. The first-order valence-electron chi connectivity index (χ1n) is 13.2. The average Bonchev–Trinajstić information content (AvgIpc) is 3.10. The van der Waals surface area contributed by atoms with Crippen LogP contribution in [0, 0.1) is 29.1 Å². The van der Waals surface area contributed by atoms with Crippen LogP contribution in [-0.2, 0) is 4.74 Å². The number of rotatable bonds is 9. The molecule has 0 bridgehead atoms. The Kier molecular flexibility index (Phi) is 9.05. The predicted octanol–water partition coefficient (Wildman–Crippen LogP) is 5.58. The first kappa shape index (κ1) is 26.7. The standard InChI is InChI=1S/C29H48O4/c1-20(19-33-15-7-13-28(3,4)32)26-11-12-27-22(8-6-14-29(26,27)5)9-10-23-16-25(31)17-24(18-30)21(23)2/h9-10,20,24-27,30-32H,2,6-8,11-19H2,1,3-5H3/b22-9+,23-10-/t20-,24-,25-,26+,27-,29+/m0/s1. The van der Waals surface area contributed by atoms with Gasteiger partial charge >= 0.3 is 0 Å². The Hall–Kier alpha value is -0.940. The molecule has 3 N–H and O–H groups in total. The molecule has 0 aromatic rings. The highest BCUT2D eigenvalue weighted by atomic mass is 16.5. The van der Waals surface area contributed by atoms with E-state index in [9.17, 15) is 15.3 Å². The van der Waals surface area contributed by atoms with Gasteiger partial charge in [-0.05, 0) is 106 Å². The third-order valence-corrected chi connectivity index (χ3v) is 8.82. The van der Waals surface area contributed by atoms with E-state index in [0.717, 1.165) is 43.6 Å². The lowest BCUT2D eigenvalue weighted by Gasteiger charge is -2.44. The summed E-state index contributed by atoms with van der Waals surface area (Å²) in [6.07, 6.45) is 13.3. The first-order valence-corrected chi connectivity index (χ1v) is 13.2. The van der Waals surface area contributed by atoms with Crippen LogP contribution in [0.25, 0.3) is 0 Å². The van der Waals surface area contributed by atoms with Crippen molar-refractivity contribution in [3.63, 3.8) is 0 Å². The molecule has 0 amide bonds. The highest BCUT2D eigenvalue weighted by Gasteiger charge is 2.50. The molecule has 0 saturated heterocycles. The molecule has 3 saturated carbocycles. The van der Waals surface area contributed by atoms with E-state index in [1.807, 2.05) is 13.8 Å². The van der Waals surface area contributed by atoms with Crippen LogP contribution in [0.5, 0.6) is 0 Å². The Bertz CT molecular complexity index is 730. The minimum Gasteiger partial charge on any atom is -0.396 e. The summed E-state index contributed by atoms with van der Waals surface area (Å²) in [6, 6.07) is 0. The summed E-state index contributed by atoms with van der Waals surface area (Å²) in [6.45, 7) is 14.4. The molecule has 3 aliphatic carbocycles. The highest BCUT2D eigenvalue weighted by molar-refractivity contribution is 5.38. The van der Waals surface area contributed by atoms with E-state index in [0.29, 0.717) is 36.0 Å². The van der Waals surface area contributed by atoms with Crippen molar-refractivity contribution in [2.75, 3.05) is 19.8 Å². The molecule has 3 fully saturated rings. The number of fused-ring (bicyclic) bond motifs is 1. The molecule has 188 valence electrons. The molecule has 0 spiro atoms. The van der Waals surface area contributed by atoms with Crippen molar-refractivity contribution >= 4 is 0 Å². The van der Waals surface area contributed by atoms with Crippen LogP contribution in [0.4, 0.5) is 0 Å². The normalized spacial score (nSPS) is 36.4. The molecule has 0 aromatic heterocycles. The van der Waals surface area contributed by atoms with Crippen LogP contribution in [0.15, 0.2) is 35.5 Å². The zero-order chi connectivity index (χ0) is 24.2. The molecule has 6 atom stereocenters. The van der Waals surface area contributed by atoms with Crippen LogP contribution >= 0.6 is 0 Å². The van der Waals surface area contributed by atoms with Crippen LogP contribution in [0.1, 0.15) is 85.5 Å². The first-order chi connectivity index (χ1) is 15.5. The molecular formula is C29H48O4. The van der Waals surface area contributed by atoms with Crippen molar-refractivity contribution in [2.24, 2.45) is 29.1 Å². The Balaban J connectivity index is 1.62. The van der Waals surface area contributed by atoms with E-state index >= 15 is 0 Å². The van der Waals surface area contributed by atoms with Gasteiger partial charge in [0.05, 0.1) is 18.3 Å². The molecule has 4 nitrogen and oxygen atoms in total. The van der Waals surface area contributed by atoms with Gasteiger partial charge in [-0.15, -0.1) is 0 Å². The minimum absolute atomic E-state index is 0.0183. The summed E-state index contributed by atoms with van der Waals surface area (Å²) in [5.74, 6) is 1.83. The molecule has 0 unspecified atom stereocenters. The van der Waals surface area contributed by atoms with Gasteiger partial charge in [0, 0.05) is 19.1 Å². The predicted molar refractivity (Wildman–Crippen MR) is 135 cm³/mol. The second kappa shape index (κ2) is 11.2. The van der Waals surface area contributed by atoms with E-state index in [1.54, 1.807) is 5.57 Å². The maximum Gasteiger partial charge on any atom is 0.0592 e. The number of hydrogen-bond donors (Lipinski definition) is 3. The Morgan fingerprint density at radius 2 is 2.03 bits per heavy atom. The monoisotopic (exact) mass is 460 g/mol. The van der Waals surface area contributed by atoms with E-state index in [2.05, 4.69) is 32.6 Å². The molecule has 33 heavy (non-hydrogen) atoms. The van der Waals surface area contributed by atoms with Crippen LogP contribution in [0.2, 0.25) is 0 Å². The summed E-state index contributed by atoms with van der Waals surface area (Å²) in [7, 11) is 0. The molecule has 0 radical (unpaired) electrons. The van der Waals surface area contributed by atoms with Crippen molar-refractivity contribution in [3.05, 3.63) is 35.5 Å². The summed E-state index contributed by atoms with van der Waals surface area (Å²) >= 11 is 0. The summed E-state index contributed by atoms with van der Waals surface area (Å²) < 4.78 is 6.04. The van der Waals surface area contributed by atoms with Gasteiger partial charge in [-0.2, -0.15) is 0 Å². The molecule has 0 aromatic carbocycles. The number of ether oxygens (including phenoxy) is 1. The van der Waals surface area contributed by atoms with Crippen molar-refractivity contribution < 1.29 is 20.1 Å². The van der Waals surface area contributed by atoms with Crippen LogP contribution in [-0.4, -0.2) is 46.8 Å². The third-order valence-electron chi connectivity index (χ3n) is 8.82. The lowest BCUT2D eigenvalue weighted by Crippen LogP contribution is -2.37. The number of hydrogen-bond acceptors (Lipinski definition) is 4. The average molecular weight is 461 g/mol. The maximum atomic E-state index is 10.2. The fraction of sp³-hybridized carbons (Fsp3) is 0.793. The van der Waals surface area contributed by atoms with Crippen molar-refractivity contribution in [1.82, 2.24) is 0 Å². The van der Waals surface area contributed by atoms with Gasteiger partial charge in [0.25, 0.3) is 0 Å². The number of allylic oxidation sites excluding steroid dienone is 3. The van der Waals surface area contributed by atoms with Crippen LogP contribution < -0.4 is 0 Å². The van der Waals surface area contributed by atoms with Gasteiger partial charge in [0.15, 0.2) is 0 Å². The van der Waals surface area contributed by atoms with E-state index < -0.39 is 5.60 Å². The summed E-state index contributed by atoms with van der Waals surface area (Å²) in [4.78, 5) is 0. The quantitative estimate of drug-likeness (QED) is 0.393. The van der Waals surface area contributed by atoms with Gasteiger partial charge in [-0.25, -0.2) is 0 Å². The molecular weight excluding hydrogens is 412 g/mol. The second-order valence-corrected chi connectivity index (χ2v) is 12.0. The van der Waals surface area contributed by atoms with Gasteiger partial charge in [0.2, 0.25) is 0 Å². The fourth-order valence-corrected chi connectivity index (χ4v) is 6.98. The molecule has 3 rings (SSSR count). The number of aliphatic hydroxyl groups excluding tert-OH is 2. The Morgan fingerprint density at radius 1 is 1.27 bits per heavy atom. The van der Waals surface area contributed by atoms with Gasteiger partial charge < -0.3 is 20.1 Å². The molecule has 4 heteroatoms.